The van der Waals surface area contributed by atoms with Crippen LogP contribution in [0.25, 0.3) is 12.3 Å². The normalized spacial score (nSPS) is 3.43. The predicted molar refractivity (Wildman–Crippen MR) is 20.9 cm³/mol. The first-order chi connectivity index (χ1) is 1.73. The van der Waals surface area contributed by atoms with Crippen LogP contribution in [-0.4, -0.2) is 5.09 Å². The molecule has 0 bridgehead atoms. The molecule has 0 atom stereocenters. The zero-order valence-electron chi connectivity index (χ0n) is 3.14. The zero-order chi connectivity index (χ0) is 3.58. The Labute approximate surface area is 54.4 Å². The predicted octanol–water partition coefficient (Wildman–Crippen LogP) is 1.19. The average molecular weight is 289 g/mol. The summed E-state index contributed by atoms with van der Waals surface area (Å²) in [7, 11) is 0. The number of hydrogen-bond acceptors (Lipinski definition) is 3. The minimum absolute atomic E-state index is 0. The minimum atomic E-state index is -1.75. The molecule has 7 heteroatoms. The maximum absolute atomic E-state index is 8.25. The van der Waals surface area contributed by atoms with Gasteiger partial charge in [0.2, 0.25) is 0 Å². The van der Waals surface area contributed by atoms with Gasteiger partial charge in [0.05, 0.1) is 5.09 Å². The van der Waals surface area contributed by atoms with E-state index in [1.54, 1.807) is 0 Å². The summed E-state index contributed by atoms with van der Waals surface area (Å²) < 4.78 is 0. The van der Waals surface area contributed by atoms with Gasteiger partial charge in [0.25, 0.3) is 0 Å². The molecule has 0 saturated heterocycles. The number of nitrogens with two attached hydrogens (primary N) is 2. The van der Waals surface area contributed by atoms with Gasteiger partial charge in [-0.25, -0.2) is 0 Å². The molecule has 0 aliphatic rings. The Bertz CT molecular complexity index is 33.2. The maximum Gasteiger partial charge on any atom is 0.0689 e. The molecule has 0 amide bonds. The van der Waals surface area contributed by atoms with Crippen LogP contribution in [0.1, 0.15) is 0 Å². The summed E-state index contributed by atoms with van der Waals surface area (Å²) in [6.07, 6.45) is 0. The summed E-state index contributed by atoms with van der Waals surface area (Å²) in [5, 5.41) is 14.8. The van der Waals surface area contributed by atoms with E-state index in [0.717, 1.165) is 0 Å². The summed E-state index contributed by atoms with van der Waals surface area (Å²) in [6.45, 7) is 0. The fourth-order valence-electron chi connectivity index (χ4n) is 0. The van der Waals surface area contributed by atoms with E-state index in [0.29, 0.717) is 0 Å². The molecule has 0 aromatic heterocycles. The molecular weight excluding hydrogens is 285 g/mol. The number of hydrogen-bond donors (Lipinski definition) is 0. The topological polar surface area (TPSA) is 133 Å². The van der Waals surface area contributed by atoms with Crippen molar-refractivity contribution in [3.05, 3.63) is 27.6 Å². The van der Waals surface area contributed by atoms with E-state index < -0.39 is 5.09 Å². The van der Waals surface area contributed by atoms with Gasteiger partial charge >= 0.3 is 0 Å². The van der Waals surface area contributed by atoms with Crippen molar-refractivity contribution < 1.29 is 26.2 Å². The first kappa shape index (κ1) is 29.1. The van der Waals surface area contributed by atoms with E-state index in [2.05, 4.69) is 0 Å². The van der Waals surface area contributed by atoms with E-state index >= 15 is 0 Å². The van der Waals surface area contributed by atoms with Crippen LogP contribution in [-0.2, 0) is 21.1 Å². The van der Waals surface area contributed by atoms with E-state index in [4.69, 9.17) is 15.3 Å². The number of rotatable bonds is 0. The van der Waals surface area contributed by atoms with Gasteiger partial charge in [-0.3, -0.25) is 0 Å². The zero-order valence-corrected chi connectivity index (χ0v) is 5.42. The molecule has 50 valence electrons. The van der Waals surface area contributed by atoms with Crippen molar-refractivity contribution >= 4 is 0 Å². The van der Waals surface area contributed by atoms with Crippen molar-refractivity contribution in [3.8, 4) is 0 Å². The standard InChI is InChI=1S/NO3.2H2N.Pt/c2-1(3)4;;;/h;2*1H2;/q3*-1;. The van der Waals surface area contributed by atoms with Crippen molar-refractivity contribution in [1.29, 1.82) is 0 Å². The second kappa shape index (κ2) is 17.0. The Hall–Kier alpha value is -0.192. The molecule has 0 rings (SSSR count). The second-order valence-electron chi connectivity index (χ2n) is 0.224. The molecule has 4 N–H and O–H groups in total. The van der Waals surface area contributed by atoms with Gasteiger partial charge in [0.15, 0.2) is 0 Å². The van der Waals surface area contributed by atoms with Crippen molar-refractivity contribution in [3.63, 3.8) is 0 Å². The van der Waals surface area contributed by atoms with Gasteiger partial charge in [0.1, 0.15) is 0 Å². The molecule has 0 radical (unpaired) electrons. The molecule has 0 aliphatic heterocycles. The summed E-state index contributed by atoms with van der Waals surface area (Å²) in [4.78, 5) is 8.25. The van der Waals surface area contributed by atoms with Crippen molar-refractivity contribution in [2.45, 2.75) is 0 Å². The molecule has 0 saturated carbocycles. The van der Waals surface area contributed by atoms with Crippen LogP contribution in [0.4, 0.5) is 0 Å². The van der Waals surface area contributed by atoms with Gasteiger partial charge in [-0.15, -0.1) is 0 Å². The third-order valence-electron chi connectivity index (χ3n) is 0. The largest absolute Gasteiger partial charge is 0.693 e. The Morgan fingerprint density at radius 1 is 1.14 bits per heavy atom. The van der Waals surface area contributed by atoms with Gasteiger partial charge < -0.3 is 27.6 Å². The molecule has 6 nitrogen and oxygen atoms in total. The van der Waals surface area contributed by atoms with Gasteiger partial charge in [-0.1, -0.05) is 0 Å². The van der Waals surface area contributed by atoms with Crippen LogP contribution in [0.3, 0.4) is 0 Å². The van der Waals surface area contributed by atoms with E-state index in [-0.39, 0.29) is 33.4 Å². The van der Waals surface area contributed by atoms with Crippen molar-refractivity contribution in [2.75, 3.05) is 0 Å². The van der Waals surface area contributed by atoms with Crippen LogP contribution < -0.4 is 0 Å². The van der Waals surface area contributed by atoms with Crippen molar-refractivity contribution in [2.24, 2.45) is 0 Å². The molecule has 0 unspecified atom stereocenters. The monoisotopic (exact) mass is 289 g/mol. The molecular formula is H4N3O3Pt-3. The SMILES string of the molecule is O=[N+]([O-])[O-].[NH2-].[NH2-].[Pt]. The van der Waals surface area contributed by atoms with Gasteiger partial charge in [0, 0.05) is 21.1 Å². The Morgan fingerprint density at radius 3 is 1.14 bits per heavy atom. The van der Waals surface area contributed by atoms with Crippen LogP contribution >= 0.6 is 0 Å². The summed E-state index contributed by atoms with van der Waals surface area (Å²) >= 11 is 0. The van der Waals surface area contributed by atoms with Gasteiger partial charge in [-0.2, -0.15) is 0 Å². The quantitative estimate of drug-likeness (QED) is 0.489. The van der Waals surface area contributed by atoms with E-state index in [1.165, 1.54) is 0 Å². The van der Waals surface area contributed by atoms with Crippen molar-refractivity contribution in [1.82, 2.24) is 0 Å². The smallest absolute Gasteiger partial charge is 0.0689 e. The van der Waals surface area contributed by atoms with E-state index in [9.17, 15) is 0 Å². The Balaban J connectivity index is -0.0000000150. The average Bonchev–Trinajstić information content (AvgIpc) is 0.811. The molecule has 0 aliphatic carbocycles. The third-order valence-corrected chi connectivity index (χ3v) is 0. The fraction of sp³-hybridized carbons (Fsp3) is 0. The second-order valence-corrected chi connectivity index (χ2v) is 0.224. The molecule has 0 fully saturated rings. The first-order valence-electron chi connectivity index (χ1n) is 0.548. The fourth-order valence-corrected chi connectivity index (χ4v) is 0. The Morgan fingerprint density at radius 2 is 1.14 bits per heavy atom. The minimum Gasteiger partial charge on any atom is -0.693 e. The first-order valence-corrected chi connectivity index (χ1v) is 0.548. The van der Waals surface area contributed by atoms with Gasteiger partial charge in [-0.05, 0) is 0 Å². The molecule has 0 spiro atoms. The molecule has 0 heterocycles. The Kier molecular flexibility index (Phi) is 70.8. The summed E-state index contributed by atoms with van der Waals surface area (Å²) in [6, 6.07) is 0. The van der Waals surface area contributed by atoms with Crippen LogP contribution in [0.5, 0.6) is 0 Å². The maximum atomic E-state index is 8.25. The molecule has 0 aromatic rings. The summed E-state index contributed by atoms with van der Waals surface area (Å²) in [5.74, 6) is 0. The van der Waals surface area contributed by atoms with Crippen LogP contribution in [0.2, 0.25) is 0 Å². The molecule has 7 heavy (non-hydrogen) atoms. The van der Waals surface area contributed by atoms with Crippen LogP contribution in [0, 0.1) is 15.3 Å². The van der Waals surface area contributed by atoms with E-state index in [1.807, 2.05) is 0 Å². The van der Waals surface area contributed by atoms with Crippen LogP contribution in [0.15, 0.2) is 0 Å². The molecule has 0 aromatic carbocycles. The summed E-state index contributed by atoms with van der Waals surface area (Å²) in [5.41, 5.74) is 0. The number of nitrogens with zero attached hydrogens (tertiary/aromatic N) is 1. The third kappa shape index (κ3) is 2290.